The summed E-state index contributed by atoms with van der Waals surface area (Å²) in [5.74, 6) is -0.306. The predicted octanol–water partition coefficient (Wildman–Crippen LogP) is 1.43. The van der Waals surface area contributed by atoms with E-state index in [1.807, 2.05) is 0 Å². The highest BCUT2D eigenvalue weighted by molar-refractivity contribution is 6.33. The van der Waals surface area contributed by atoms with Crippen LogP contribution in [-0.2, 0) is 4.79 Å². The number of likely N-dealkylation sites (N-methyl/N-ethyl adjacent to an activating group) is 1. The molecule has 1 aliphatic rings. The molecule has 0 N–H and O–H groups in total. The van der Waals surface area contributed by atoms with E-state index >= 15 is 0 Å². The normalized spacial score (nSPS) is 14.5. The number of amides is 2. The van der Waals surface area contributed by atoms with Crippen LogP contribution in [0.1, 0.15) is 23.2 Å². The third kappa shape index (κ3) is 3.23. The molecule has 1 aromatic heterocycles. The van der Waals surface area contributed by atoms with Crippen LogP contribution in [0.3, 0.4) is 0 Å². The Balaban J connectivity index is 1.99. The van der Waals surface area contributed by atoms with Crippen LogP contribution in [0.25, 0.3) is 0 Å². The molecule has 102 valence electrons. The molecular formula is C13H16ClN3O2. The van der Waals surface area contributed by atoms with Gasteiger partial charge >= 0.3 is 0 Å². The summed E-state index contributed by atoms with van der Waals surface area (Å²) < 4.78 is 0. The first-order chi connectivity index (χ1) is 9.09. The number of hydrogen-bond acceptors (Lipinski definition) is 3. The molecule has 2 heterocycles. The number of pyridine rings is 1. The highest BCUT2D eigenvalue weighted by Crippen LogP contribution is 2.15. The van der Waals surface area contributed by atoms with Crippen molar-refractivity contribution >= 4 is 23.4 Å². The van der Waals surface area contributed by atoms with Crippen LogP contribution in [0.5, 0.6) is 0 Å². The second-order valence-electron chi connectivity index (χ2n) is 4.60. The van der Waals surface area contributed by atoms with Crippen LogP contribution >= 0.6 is 11.6 Å². The lowest BCUT2D eigenvalue weighted by atomic mass is 10.2. The molecular weight excluding hydrogens is 266 g/mol. The molecule has 1 aliphatic heterocycles. The number of likely N-dealkylation sites (tertiary alicyclic amines) is 1. The molecule has 0 spiro atoms. The van der Waals surface area contributed by atoms with Gasteiger partial charge in [-0.05, 0) is 18.9 Å². The fraction of sp³-hybridized carbons (Fsp3) is 0.462. The lowest BCUT2D eigenvalue weighted by Crippen LogP contribution is -2.39. The van der Waals surface area contributed by atoms with Crippen molar-refractivity contribution in [2.75, 3.05) is 26.7 Å². The number of hydrogen-bond donors (Lipinski definition) is 0. The van der Waals surface area contributed by atoms with Crippen LogP contribution in [0.2, 0.25) is 5.02 Å². The fourth-order valence-corrected chi connectivity index (χ4v) is 2.27. The molecule has 0 aliphatic carbocycles. The third-order valence-electron chi connectivity index (χ3n) is 3.18. The van der Waals surface area contributed by atoms with Gasteiger partial charge in [0.15, 0.2) is 0 Å². The SMILES string of the molecule is CN(CC(=O)N1CCCC1)C(=O)c1cnccc1Cl. The van der Waals surface area contributed by atoms with E-state index in [-0.39, 0.29) is 18.4 Å². The number of carbonyl (C=O) groups is 2. The summed E-state index contributed by atoms with van der Waals surface area (Å²) in [4.78, 5) is 31.1. The van der Waals surface area contributed by atoms with Crippen molar-refractivity contribution < 1.29 is 9.59 Å². The van der Waals surface area contributed by atoms with E-state index < -0.39 is 0 Å². The lowest BCUT2D eigenvalue weighted by Gasteiger charge is -2.21. The maximum absolute atomic E-state index is 12.1. The first kappa shape index (κ1) is 13.8. The standard InChI is InChI=1S/C13H16ClN3O2/c1-16(9-12(18)17-6-2-3-7-17)13(19)10-8-15-5-4-11(10)14/h4-5,8H,2-3,6-7,9H2,1H3. The summed E-state index contributed by atoms with van der Waals surface area (Å²) in [6.07, 6.45) is 5.02. The Morgan fingerprint density at radius 1 is 1.42 bits per heavy atom. The first-order valence-corrected chi connectivity index (χ1v) is 6.60. The Hall–Kier alpha value is -1.62. The van der Waals surface area contributed by atoms with Gasteiger partial charge in [0.1, 0.15) is 0 Å². The van der Waals surface area contributed by atoms with Crippen LogP contribution in [0, 0.1) is 0 Å². The number of halogens is 1. The summed E-state index contributed by atoms with van der Waals surface area (Å²) in [5.41, 5.74) is 0.320. The van der Waals surface area contributed by atoms with E-state index in [1.54, 1.807) is 18.0 Å². The number of aromatic nitrogens is 1. The molecule has 1 fully saturated rings. The van der Waals surface area contributed by atoms with E-state index in [1.165, 1.54) is 17.3 Å². The van der Waals surface area contributed by atoms with Gasteiger partial charge in [-0.3, -0.25) is 14.6 Å². The maximum Gasteiger partial charge on any atom is 0.257 e. The Morgan fingerprint density at radius 3 is 2.74 bits per heavy atom. The molecule has 2 amide bonds. The van der Waals surface area contributed by atoms with Gasteiger partial charge in [-0.25, -0.2) is 0 Å². The molecule has 0 radical (unpaired) electrons. The molecule has 19 heavy (non-hydrogen) atoms. The average molecular weight is 282 g/mol. The van der Waals surface area contributed by atoms with Crippen molar-refractivity contribution in [2.24, 2.45) is 0 Å². The fourth-order valence-electron chi connectivity index (χ4n) is 2.08. The molecule has 0 unspecified atom stereocenters. The van der Waals surface area contributed by atoms with Crippen molar-refractivity contribution in [3.05, 3.63) is 29.0 Å². The minimum Gasteiger partial charge on any atom is -0.341 e. The molecule has 1 saturated heterocycles. The van der Waals surface area contributed by atoms with E-state index in [0.717, 1.165) is 25.9 Å². The van der Waals surface area contributed by atoms with E-state index in [9.17, 15) is 9.59 Å². The molecule has 0 bridgehead atoms. The van der Waals surface area contributed by atoms with Gasteiger partial charge in [0.2, 0.25) is 5.91 Å². The zero-order valence-corrected chi connectivity index (χ0v) is 11.6. The Morgan fingerprint density at radius 2 is 2.11 bits per heavy atom. The van der Waals surface area contributed by atoms with Crippen molar-refractivity contribution in [3.63, 3.8) is 0 Å². The van der Waals surface area contributed by atoms with Gasteiger partial charge in [0, 0.05) is 32.5 Å². The largest absolute Gasteiger partial charge is 0.341 e. The summed E-state index contributed by atoms with van der Waals surface area (Å²) >= 11 is 5.94. The molecule has 1 aromatic rings. The number of nitrogens with zero attached hydrogens (tertiary/aromatic N) is 3. The molecule has 0 saturated carbocycles. The van der Waals surface area contributed by atoms with Gasteiger partial charge in [0.05, 0.1) is 17.1 Å². The van der Waals surface area contributed by atoms with Crippen molar-refractivity contribution in [1.82, 2.24) is 14.8 Å². The first-order valence-electron chi connectivity index (χ1n) is 6.22. The van der Waals surface area contributed by atoms with Crippen LogP contribution < -0.4 is 0 Å². The number of rotatable bonds is 3. The molecule has 2 rings (SSSR count). The monoisotopic (exact) mass is 281 g/mol. The molecule has 6 heteroatoms. The maximum atomic E-state index is 12.1. The predicted molar refractivity (Wildman–Crippen MR) is 72.0 cm³/mol. The van der Waals surface area contributed by atoms with Gasteiger partial charge in [-0.2, -0.15) is 0 Å². The van der Waals surface area contributed by atoms with Crippen LogP contribution in [-0.4, -0.2) is 53.3 Å². The van der Waals surface area contributed by atoms with Crippen LogP contribution in [0.4, 0.5) is 0 Å². The van der Waals surface area contributed by atoms with Crippen molar-refractivity contribution in [1.29, 1.82) is 0 Å². The Labute approximate surface area is 117 Å². The molecule has 0 atom stereocenters. The van der Waals surface area contributed by atoms with Crippen molar-refractivity contribution in [2.45, 2.75) is 12.8 Å². The van der Waals surface area contributed by atoms with Crippen molar-refractivity contribution in [3.8, 4) is 0 Å². The minimum absolute atomic E-state index is 0.0200. The second kappa shape index (κ2) is 6.02. The highest BCUT2D eigenvalue weighted by atomic mass is 35.5. The summed E-state index contributed by atoms with van der Waals surface area (Å²) in [6, 6.07) is 1.56. The topological polar surface area (TPSA) is 53.5 Å². The zero-order chi connectivity index (χ0) is 13.8. The van der Waals surface area contributed by atoms with E-state index in [0.29, 0.717) is 10.6 Å². The highest BCUT2D eigenvalue weighted by Gasteiger charge is 2.22. The lowest BCUT2D eigenvalue weighted by molar-refractivity contribution is -0.130. The Kier molecular flexibility index (Phi) is 4.37. The third-order valence-corrected chi connectivity index (χ3v) is 3.51. The summed E-state index contributed by atoms with van der Waals surface area (Å²) in [6.45, 7) is 1.65. The average Bonchev–Trinajstić information content (AvgIpc) is 2.92. The minimum atomic E-state index is -0.286. The summed E-state index contributed by atoms with van der Waals surface area (Å²) in [7, 11) is 1.60. The van der Waals surface area contributed by atoms with Gasteiger partial charge < -0.3 is 9.80 Å². The Bertz CT molecular complexity index is 487. The quantitative estimate of drug-likeness (QED) is 0.842. The second-order valence-corrected chi connectivity index (χ2v) is 5.01. The van der Waals surface area contributed by atoms with Gasteiger partial charge in [0.25, 0.3) is 5.91 Å². The van der Waals surface area contributed by atoms with Gasteiger partial charge in [-0.15, -0.1) is 0 Å². The molecule has 5 nitrogen and oxygen atoms in total. The smallest absolute Gasteiger partial charge is 0.257 e. The zero-order valence-electron chi connectivity index (χ0n) is 10.8. The number of carbonyl (C=O) groups excluding carboxylic acids is 2. The molecule has 0 aromatic carbocycles. The van der Waals surface area contributed by atoms with E-state index in [2.05, 4.69) is 4.98 Å². The van der Waals surface area contributed by atoms with E-state index in [4.69, 9.17) is 11.6 Å². The summed E-state index contributed by atoms with van der Waals surface area (Å²) in [5, 5.41) is 0.348. The van der Waals surface area contributed by atoms with Gasteiger partial charge in [-0.1, -0.05) is 11.6 Å². The van der Waals surface area contributed by atoms with Crippen LogP contribution in [0.15, 0.2) is 18.5 Å².